The fourth-order valence-corrected chi connectivity index (χ4v) is 4.10. The quantitative estimate of drug-likeness (QED) is 0.303. The van der Waals surface area contributed by atoms with Crippen LogP contribution in [0.2, 0.25) is 5.02 Å². The fourth-order valence-electron chi connectivity index (χ4n) is 3.97. The SMILES string of the molecule is CO.COC(=O)CCC(=O)OC(C)(C)NC(=O)NC(C(=O)N1CCCC(C)(C)C1)C(C)C.Cc1ccc(Cl)cc1. The van der Waals surface area contributed by atoms with E-state index >= 15 is 0 Å². The smallest absolute Gasteiger partial charge is 0.318 e. The molecular formula is C29H48ClN3O7. The molecule has 2 rings (SSSR count). The molecule has 228 valence electrons. The topological polar surface area (TPSA) is 134 Å². The van der Waals surface area contributed by atoms with E-state index in [1.165, 1.54) is 26.5 Å². The van der Waals surface area contributed by atoms with Gasteiger partial charge in [-0.2, -0.15) is 0 Å². The average Bonchev–Trinajstić information content (AvgIpc) is 2.87. The van der Waals surface area contributed by atoms with Gasteiger partial charge in [0.25, 0.3) is 0 Å². The van der Waals surface area contributed by atoms with Crippen molar-refractivity contribution in [1.29, 1.82) is 0 Å². The van der Waals surface area contributed by atoms with Crippen LogP contribution in [0.15, 0.2) is 24.3 Å². The zero-order chi connectivity index (χ0) is 31.1. The number of esters is 2. The number of carbonyl (C=O) groups excluding carboxylic acids is 4. The number of nitrogens with zero attached hydrogens (tertiary/aromatic N) is 1. The molecule has 1 atom stereocenters. The first-order chi connectivity index (χ1) is 18.5. The minimum absolute atomic E-state index is 0.0537. The van der Waals surface area contributed by atoms with Gasteiger partial charge in [0.1, 0.15) is 6.04 Å². The normalized spacial score (nSPS) is 14.8. The van der Waals surface area contributed by atoms with Gasteiger partial charge in [-0.05, 0) is 57.1 Å². The predicted octanol–water partition coefficient (Wildman–Crippen LogP) is 4.45. The lowest BCUT2D eigenvalue weighted by molar-refractivity contribution is -0.160. The van der Waals surface area contributed by atoms with Crippen molar-refractivity contribution >= 4 is 35.5 Å². The molecule has 10 nitrogen and oxygen atoms in total. The Morgan fingerprint density at radius 2 is 1.62 bits per heavy atom. The van der Waals surface area contributed by atoms with Gasteiger partial charge in [0.2, 0.25) is 5.91 Å². The Morgan fingerprint density at radius 1 is 1.07 bits per heavy atom. The van der Waals surface area contributed by atoms with E-state index in [-0.39, 0.29) is 30.1 Å². The number of carbonyl (C=O) groups is 4. The van der Waals surface area contributed by atoms with Crippen LogP contribution in [0.25, 0.3) is 0 Å². The summed E-state index contributed by atoms with van der Waals surface area (Å²) in [6, 6.07) is 6.45. The number of aryl methyl sites for hydroxylation is 1. The van der Waals surface area contributed by atoms with Crippen LogP contribution in [0.5, 0.6) is 0 Å². The lowest BCUT2D eigenvalue weighted by atomic mass is 9.83. The number of rotatable bonds is 8. The van der Waals surface area contributed by atoms with Crippen LogP contribution in [0.1, 0.15) is 72.8 Å². The van der Waals surface area contributed by atoms with Crippen LogP contribution in [-0.4, -0.2) is 73.0 Å². The van der Waals surface area contributed by atoms with Gasteiger partial charge in [-0.3, -0.25) is 14.4 Å². The van der Waals surface area contributed by atoms with Gasteiger partial charge in [0.15, 0.2) is 5.72 Å². The van der Waals surface area contributed by atoms with Gasteiger partial charge >= 0.3 is 18.0 Å². The number of hydrogen-bond donors (Lipinski definition) is 3. The van der Waals surface area contributed by atoms with Crippen LogP contribution in [0.3, 0.4) is 0 Å². The molecule has 0 aromatic heterocycles. The summed E-state index contributed by atoms with van der Waals surface area (Å²) in [7, 11) is 2.24. The number of hydrogen-bond acceptors (Lipinski definition) is 7. The number of aliphatic hydroxyl groups is 1. The molecule has 3 N–H and O–H groups in total. The number of ether oxygens (including phenoxy) is 2. The zero-order valence-electron chi connectivity index (χ0n) is 25.4. The van der Waals surface area contributed by atoms with Crippen LogP contribution >= 0.6 is 11.6 Å². The van der Waals surface area contributed by atoms with Crippen molar-refractivity contribution in [3.63, 3.8) is 0 Å². The second-order valence-electron chi connectivity index (χ2n) is 11.2. The fraction of sp³-hybridized carbons (Fsp3) is 0.655. The molecule has 1 heterocycles. The molecular weight excluding hydrogens is 538 g/mol. The van der Waals surface area contributed by atoms with Crippen LogP contribution in [-0.2, 0) is 23.9 Å². The minimum Gasteiger partial charge on any atom is -0.469 e. The molecule has 3 amide bonds. The predicted molar refractivity (Wildman–Crippen MR) is 156 cm³/mol. The Balaban J connectivity index is 0.00000128. The van der Waals surface area contributed by atoms with Crippen molar-refractivity contribution in [3.05, 3.63) is 34.9 Å². The molecule has 1 saturated heterocycles. The molecule has 1 aliphatic rings. The number of methoxy groups -OCH3 is 1. The van der Waals surface area contributed by atoms with Gasteiger partial charge in [0.05, 0.1) is 20.0 Å². The number of halogens is 1. The highest BCUT2D eigenvalue weighted by atomic mass is 35.5. The lowest BCUT2D eigenvalue weighted by Crippen LogP contribution is -2.59. The third kappa shape index (κ3) is 15.1. The van der Waals surface area contributed by atoms with Crippen LogP contribution < -0.4 is 10.6 Å². The third-order valence-corrected chi connectivity index (χ3v) is 6.24. The van der Waals surface area contributed by atoms with Gasteiger partial charge in [0, 0.05) is 25.2 Å². The number of likely N-dealkylation sites (tertiary alicyclic amines) is 1. The molecule has 0 aliphatic carbocycles. The maximum atomic E-state index is 13.0. The van der Waals surface area contributed by atoms with Crippen LogP contribution in [0, 0.1) is 18.3 Å². The summed E-state index contributed by atoms with van der Waals surface area (Å²) in [5.41, 5.74) is -0.0121. The number of amides is 3. The van der Waals surface area contributed by atoms with Crippen molar-refractivity contribution in [1.82, 2.24) is 15.5 Å². The summed E-state index contributed by atoms with van der Waals surface area (Å²) in [5, 5.41) is 13.1. The van der Waals surface area contributed by atoms with E-state index in [1.807, 2.05) is 49.9 Å². The van der Waals surface area contributed by atoms with E-state index in [0.717, 1.165) is 25.0 Å². The highest BCUT2D eigenvalue weighted by Gasteiger charge is 2.35. The van der Waals surface area contributed by atoms with Gasteiger partial charge in [-0.1, -0.05) is 57.0 Å². The van der Waals surface area contributed by atoms with Crippen LogP contribution in [0.4, 0.5) is 4.79 Å². The van der Waals surface area contributed by atoms with Crippen molar-refractivity contribution in [3.8, 4) is 0 Å². The number of nitrogens with one attached hydrogen (secondary N) is 2. The second kappa shape index (κ2) is 17.8. The summed E-state index contributed by atoms with van der Waals surface area (Å²) in [5.74, 6) is -1.38. The first-order valence-corrected chi connectivity index (χ1v) is 13.8. The van der Waals surface area contributed by atoms with E-state index in [2.05, 4.69) is 29.2 Å². The van der Waals surface area contributed by atoms with E-state index in [1.54, 1.807) is 0 Å². The second-order valence-corrected chi connectivity index (χ2v) is 11.6. The Morgan fingerprint density at radius 3 is 2.10 bits per heavy atom. The number of urea groups is 1. The molecule has 0 spiro atoms. The van der Waals surface area contributed by atoms with E-state index in [9.17, 15) is 19.2 Å². The zero-order valence-corrected chi connectivity index (χ0v) is 26.2. The monoisotopic (exact) mass is 585 g/mol. The highest BCUT2D eigenvalue weighted by Crippen LogP contribution is 2.29. The first kappa shape index (κ1) is 37.1. The maximum absolute atomic E-state index is 13.0. The van der Waals surface area contributed by atoms with E-state index < -0.39 is 29.7 Å². The van der Waals surface area contributed by atoms with E-state index in [4.69, 9.17) is 21.4 Å². The Hall–Kier alpha value is -2.85. The summed E-state index contributed by atoms with van der Waals surface area (Å²) in [4.78, 5) is 50.4. The molecule has 1 fully saturated rings. The van der Waals surface area contributed by atoms with Crippen molar-refractivity contribution in [2.75, 3.05) is 27.3 Å². The summed E-state index contributed by atoms with van der Waals surface area (Å²) >= 11 is 5.61. The maximum Gasteiger partial charge on any atom is 0.318 e. The first-order valence-electron chi connectivity index (χ1n) is 13.4. The van der Waals surface area contributed by atoms with Gasteiger partial charge < -0.3 is 30.1 Å². The third-order valence-electron chi connectivity index (χ3n) is 5.99. The summed E-state index contributed by atoms with van der Waals surface area (Å²) < 4.78 is 9.72. The minimum atomic E-state index is -1.31. The molecule has 1 aromatic rings. The molecule has 0 bridgehead atoms. The molecule has 0 radical (unpaired) electrons. The average molecular weight is 586 g/mol. The molecule has 1 aliphatic heterocycles. The van der Waals surface area contributed by atoms with Crippen molar-refractivity contribution in [2.24, 2.45) is 11.3 Å². The number of benzene rings is 1. The summed E-state index contributed by atoms with van der Waals surface area (Å²) in [6.07, 6.45) is 1.74. The molecule has 0 saturated carbocycles. The lowest BCUT2D eigenvalue weighted by Gasteiger charge is -2.40. The standard InChI is InChI=1S/C21H37N3O6.C7H7Cl.CH4O/c1-14(2)17(18(27)24-12-8-11-20(3,4)13-24)22-19(28)23-21(5,6)30-16(26)10-9-15(25)29-7;1-6-2-4-7(8)5-3-6;1-2/h14,17H,8-13H2,1-7H3,(H2,22,23,28);2-5H,1H3;2H,1H3. The van der Waals surface area contributed by atoms with Gasteiger partial charge in [-0.15, -0.1) is 0 Å². The molecule has 11 heteroatoms. The largest absolute Gasteiger partial charge is 0.469 e. The Kier molecular flexibility index (Phi) is 16.5. The summed E-state index contributed by atoms with van der Waals surface area (Å²) in [6.45, 7) is 14.4. The molecule has 40 heavy (non-hydrogen) atoms. The number of aliphatic hydroxyl groups excluding tert-OH is 1. The highest BCUT2D eigenvalue weighted by molar-refractivity contribution is 6.30. The number of piperidine rings is 1. The molecule has 1 unspecified atom stereocenters. The van der Waals surface area contributed by atoms with E-state index in [0.29, 0.717) is 13.1 Å². The Bertz CT molecular complexity index is 928. The van der Waals surface area contributed by atoms with Gasteiger partial charge in [-0.25, -0.2) is 4.79 Å². The van der Waals surface area contributed by atoms with Crippen molar-refractivity contribution in [2.45, 2.75) is 85.9 Å². The van der Waals surface area contributed by atoms with Crippen molar-refractivity contribution < 1.29 is 33.8 Å². The molecule has 1 aromatic carbocycles. The Labute approximate surface area is 244 Å².